The van der Waals surface area contributed by atoms with Crippen molar-refractivity contribution in [1.29, 1.82) is 0 Å². The Bertz CT molecular complexity index is 356. The highest BCUT2D eigenvalue weighted by atomic mass is 35.5. The number of nitrogens with two attached hydrogens (primary N) is 1. The van der Waals surface area contributed by atoms with Crippen LogP contribution in [0, 0.1) is 0 Å². The molecule has 0 aliphatic rings. The van der Waals surface area contributed by atoms with Gasteiger partial charge in [-0.3, -0.25) is 4.79 Å². The van der Waals surface area contributed by atoms with E-state index in [-0.39, 0.29) is 24.4 Å². The molecule has 0 saturated heterocycles. The van der Waals surface area contributed by atoms with Gasteiger partial charge < -0.3 is 11.1 Å². The van der Waals surface area contributed by atoms with Crippen LogP contribution in [0.3, 0.4) is 0 Å². The molecule has 19 heavy (non-hydrogen) atoms. The lowest BCUT2D eigenvalue weighted by atomic mass is 10.0. The molecule has 108 valence electrons. The van der Waals surface area contributed by atoms with E-state index in [2.05, 4.69) is 19.2 Å². The molecule has 0 spiro atoms. The van der Waals surface area contributed by atoms with E-state index in [9.17, 15) is 4.79 Å². The second-order valence-electron chi connectivity index (χ2n) is 4.70. The summed E-state index contributed by atoms with van der Waals surface area (Å²) in [5, 5.41) is 3.02. The number of carbonyl (C=O) groups excluding carboxylic acids is 1. The predicted molar refractivity (Wildman–Crippen MR) is 82.5 cm³/mol. The molecule has 2 atom stereocenters. The van der Waals surface area contributed by atoms with Gasteiger partial charge in [0.25, 0.3) is 0 Å². The minimum absolute atomic E-state index is 0. The summed E-state index contributed by atoms with van der Waals surface area (Å²) in [7, 11) is 0. The molecule has 1 unspecified atom stereocenters. The number of carbonyl (C=O) groups is 1. The standard InChI is InChI=1S/C15H24N2O.ClH/c1-3-8-13(4-2)17-15(18)14(16)11-12-9-6-5-7-10-12;/h5-7,9-10,13-14H,3-4,8,11,16H2,1-2H3,(H,17,18);1H/t13?,14-;/m0./s1. The summed E-state index contributed by atoms with van der Waals surface area (Å²) in [6, 6.07) is 9.68. The molecule has 1 aromatic rings. The SMILES string of the molecule is CCCC(CC)NC(=O)[C@@H](N)Cc1ccccc1.Cl. The summed E-state index contributed by atoms with van der Waals surface area (Å²) in [5.74, 6) is -0.0425. The minimum atomic E-state index is -0.460. The van der Waals surface area contributed by atoms with Crippen molar-refractivity contribution < 1.29 is 4.79 Å². The van der Waals surface area contributed by atoms with Gasteiger partial charge in [0.05, 0.1) is 6.04 Å². The van der Waals surface area contributed by atoms with E-state index in [0.29, 0.717) is 6.42 Å². The van der Waals surface area contributed by atoms with Gasteiger partial charge in [-0.2, -0.15) is 0 Å². The zero-order chi connectivity index (χ0) is 13.4. The van der Waals surface area contributed by atoms with Crippen LogP contribution in [0.25, 0.3) is 0 Å². The second-order valence-corrected chi connectivity index (χ2v) is 4.70. The number of hydrogen-bond acceptors (Lipinski definition) is 2. The molecule has 1 rings (SSSR count). The first-order valence-electron chi connectivity index (χ1n) is 6.77. The molecule has 0 bridgehead atoms. The van der Waals surface area contributed by atoms with Gasteiger partial charge >= 0.3 is 0 Å². The van der Waals surface area contributed by atoms with Crippen molar-refractivity contribution in [2.75, 3.05) is 0 Å². The van der Waals surface area contributed by atoms with E-state index in [4.69, 9.17) is 5.73 Å². The molecule has 4 heteroatoms. The molecule has 0 fully saturated rings. The molecule has 0 heterocycles. The van der Waals surface area contributed by atoms with Crippen molar-refractivity contribution >= 4 is 18.3 Å². The zero-order valence-electron chi connectivity index (χ0n) is 11.8. The first kappa shape index (κ1) is 17.9. The Morgan fingerprint density at radius 2 is 1.89 bits per heavy atom. The monoisotopic (exact) mass is 284 g/mol. The van der Waals surface area contributed by atoms with Crippen LogP contribution in [0.4, 0.5) is 0 Å². The van der Waals surface area contributed by atoms with E-state index >= 15 is 0 Å². The fourth-order valence-corrected chi connectivity index (χ4v) is 2.00. The van der Waals surface area contributed by atoms with Crippen LogP contribution in [-0.4, -0.2) is 18.0 Å². The number of amides is 1. The normalized spacial score (nSPS) is 13.2. The summed E-state index contributed by atoms with van der Waals surface area (Å²) in [6.07, 6.45) is 3.64. The van der Waals surface area contributed by atoms with Gasteiger partial charge in [-0.1, -0.05) is 50.6 Å². The summed E-state index contributed by atoms with van der Waals surface area (Å²) in [6.45, 7) is 4.21. The first-order chi connectivity index (χ1) is 8.67. The lowest BCUT2D eigenvalue weighted by molar-refractivity contribution is -0.123. The molecule has 3 N–H and O–H groups in total. The van der Waals surface area contributed by atoms with Gasteiger partial charge in [0.2, 0.25) is 5.91 Å². The van der Waals surface area contributed by atoms with Crippen molar-refractivity contribution in [3.63, 3.8) is 0 Å². The van der Waals surface area contributed by atoms with E-state index < -0.39 is 6.04 Å². The van der Waals surface area contributed by atoms with Crippen molar-refractivity contribution in [3.8, 4) is 0 Å². The molecule has 0 aliphatic heterocycles. The van der Waals surface area contributed by atoms with Crippen LogP contribution in [-0.2, 0) is 11.2 Å². The topological polar surface area (TPSA) is 55.1 Å². The summed E-state index contributed by atoms with van der Waals surface area (Å²) in [5.41, 5.74) is 7.04. The average molecular weight is 285 g/mol. The molecular formula is C15H25ClN2O. The maximum Gasteiger partial charge on any atom is 0.237 e. The molecule has 3 nitrogen and oxygen atoms in total. The van der Waals surface area contributed by atoms with Gasteiger partial charge in [0.15, 0.2) is 0 Å². The van der Waals surface area contributed by atoms with Gasteiger partial charge in [0.1, 0.15) is 0 Å². The van der Waals surface area contributed by atoms with Gasteiger partial charge in [0, 0.05) is 6.04 Å². The summed E-state index contributed by atoms with van der Waals surface area (Å²) in [4.78, 5) is 12.0. The Morgan fingerprint density at radius 3 is 2.42 bits per heavy atom. The smallest absolute Gasteiger partial charge is 0.237 e. The van der Waals surface area contributed by atoms with E-state index in [1.807, 2.05) is 30.3 Å². The van der Waals surface area contributed by atoms with Gasteiger partial charge in [-0.25, -0.2) is 0 Å². The zero-order valence-corrected chi connectivity index (χ0v) is 12.6. The number of rotatable bonds is 7. The first-order valence-corrected chi connectivity index (χ1v) is 6.77. The van der Waals surface area contributed by atoms with Crippen LogP contribution in [0.1, 0.15) is 38.7 Å². The Balaban J connectivity index is 0.00000324. The van der Waals surface area contributed by atoms with E-state index in [1.54, 1.807) is 0 Å². The van der Waals surface area contributed by atoms with Crippen LogP contribution in [0.15, 0.2) is 30.3 Å². The molecule has 0 saturated carbocycles. The fourth-order valence-electron chi connectivity index (χ4n) is 2.00. The van der Waals surface area contributed by atoms with Crippen molar-refractivity contribution in [2.24, 2.45) is 5.73 Å². The minimum Gasteiger partial charge on any atom is -0.352 e. The van der Waals surface area contributed by atoms with Crippen LogP contribution in [0.5, 0.6) is 0 Å². The van der Waals surface area contributed by atoms with E-state index in [1.165, 1.54) is 0 Å². The van der Waals surface area contributed by atoms with Gasteiger partial charge in [-0.15, -0.1) is 12.4 Å². The van der Waals surface area contributed by atoms with Crippen LogP contribution in [0.2, 0.25) is 0 Å². The molecule has 0 aliphatic carbocycles. The highest BCUT2D eigenvalue weighted by Crippen LogP contribution is 2.04. The average Bonchev–Trinajstić information content (AvgIpc) is 2.39. The van der Waals surface area contributed by atoms with Gasteiger partial charge in [-0.05, 0) is 24.8 Å². The van der Waals surface area contributed by atoms with Crippen LogP contribution >= 0.6 is 12.4 Å². The molecule has 1 amide bonds. The van der Waals surface area contributed by atoms with Crippen molar-refractivity contribution in [2.45, 2.75) is 51.6 Å². The lowest BCUT2D eigenvalue weighted by Crippen LogP contribution is -2.46. The summed E-state index contributed by atoms with van der Waals surface area (Å²) < 4.78 is 0. The highest BCUT2D eigenvalue weighted by molar-refractivity contribution is 5.85. The predicted octanol–water partition coefficient (Wildman–Crippen LogP) is 2.67. The number of nitrogens with one attached hydrogen (secondary N) is 1. The molecule has 1 aromatic carbocycles. The third-order valence-electron chi connectivity index (χ3n) is 3.11. The molecule has 0 radical (unpaired) electrons. The third kappa shape index (κ3) is 6.60. The summed E-state index contributed by atoms with van der Waals surface area (Å²) >= 11 is 0. The second kappa shape index (κ2) is 9.82. The maximum absolute atomic E-state index is 12.0. The number of benzene rings is 1. The quantitative estimate of drug-likeness (QED) is 0.809. The Kier molecular flexibility index (Phi) is 9.27. The lowest BCUT2D eigenvalue weighted by Gasteiger charge is -2.19. The Labute approximate surface area is 122 Å². The highest BCUT2D eigenvalue weighted by Gasteiger charge is 2.16. The third-order valence-corrected chi connectivity index (χ3v) is 3.11. The van der Waals surface area contributed by atoms with E-state index in [0.717, 1.165) is 24.8 Å². The van der Waals surface area contributed by atoms with Crippen LogP contribution < -0.4 is 11.1 Å². The van der Waals surface area contributed by atoms with Crippen molar-refractivity contribution in [3.05, 3.63) is 35.9 Å². The Morgan fingerprint density at radius 1 is 1.26 bits per heavy atom. The Hall–Kier alpha value is -1.06. The molecule has 0 aromatic heterocycles. The van der Waals surface area contributed by atoms with Crippen molar-refractivity contribution in [1.82, 2.24) is 5.32 Å². The largest absolute Gasteiger partial charge is 0.352 e. The fraction of sp³-hybridized carbons (Fsp3) is 0.533. The molecular weight excluding hydrogens is 260 g/mol. The maximum atomic E-state index is 12.0. The number of halogens is 1. The number of hydrogen-bond donors (Lipinski definition) is 2.